The maximum Gasteiger partial charge on any atom is 0.0596 e. The first-order valence-electron chi connectivity index (χ1n) is 4.85. The first-order chi connectivity index (χ1) is 6.15. The van der Waals surface area contributed by atoms with Crippen LogP contribution in [0, 0.1) is 12.3 Å². The van der Waals surface area contributed by atoms with Crippen LogP contribution in [-0.4, -0.2) is 16.3 Å². The number of aryl methyl sites for hydroxylation is 2. The van der Waals surface area contributed by atoms with E-state index in [1.54, 1.807) is 0 Å². The topological polar surface area (TPSA) is 43.8 Å². The molecule has 1 saturated carbocycles. The predicted octanol–water partition coefficient (Wildman–Crippen LogP) is 1.01. The van der Waals surface area contributed by atoms with Crippen LogP contribution in [0.5, 0.6) is 0 Å². The average molecular weight is 179 g/mol. The Morgan fingerprint density at radius 1 is 1.62 bits per heavy atom. The lowest BCUT2D eigenvalue weighted by atomic mass is 10.0. The minimum absolute atomic E-state index is 0.417. The summed E-state index contributed by atoms with van der Waals surface area (Å²) in [6.45, 7) is 2.85. The first kappa shape index (κ1) is 8.75. The zero-order valence-electron chi connectivity index (χ0n) is 8.38. The zero-order chi connectivity index (χ0) is 9.47. The molecule has 0 spiro atoms. The summed E-state index contributed by atoms with van der Waals surface area (Å²) in [7, 11) is 2.01. The van der Waals surface area contributed by atoms with Crippen molar-refractivity contribution in [1.29, 1.82) is 0 Å². The Hall–Kier alpha value is -0.830. The van der Waals surface area contributed by atoms with E-state index in [0.29, 0.717) is 5.41 Å². The molecule has 0 radical (unpaired) electrons. The maximum absolute atomic E-state index is 5.74. The third-order valence-electron chi connectivity index (χ3n) is 3.05. The number of rotatable bonds is 3. The van der Waals surface area contributed by atoms with Gasteiger partial charge in [0.2, 0.25) is 0 Å². The van der Waals surface area contributed by atoms with E-state index in [-0.39, 0.29) is 0 Å². The van der Waals surface area contributed by atoms with Crippen LogP contribution in [-0.2, 0) is 13.5 Å². The lowest BCUT2D eigenvalue weighted by molar-refractivity contribution is 0.498. The highest BCUT2D eigenvalue weighted by Crippen LogP contribution is 2.47. The van der Waals surface area contributed by atoms with Crippen LogP contribution in [0.4, 0.5) is 0 Å². The third-order valence-corrected chi connectivity index (χ3v) is 3.05. The van der Waals surface area contributed by atoms with Crippen molar-refractivity contribution in [2.45, 2.75) is 26.2 Å². The van der Waals surface area contributed by atoms with Crippen molar-refractivity contribution in [3.63, 3.8) is 0 Å². The molecular weight excluding hydrogens is 162 g/mol. The van der Waals surface area contributed by atoms with Gasteiger partial charge in [-0.15, -0.1) is 0 Å². The summed E-state index contributed by atoms with van der Waals surface area (Å²) in [6, 6.07) is 2.16. The van der Waals surface area contributed by atoms with Gasteiger partial charge in [-0.25, -0.2) is 0 Å². The van der Waals surface area contributed by atoms with Crippen LogP contribution >= 0.6 is 0 Å². The quantitative estimate of drug-likeness (QED) is 0.752. The van der Waals surface area contributed by atoms with Crippen LogP contribution in [0.2, 0.25) is 0 Å². The van der Waals surface area contributed by atoms with E-state index >= 15 is 0 Å². The molecule has 1 heterocycles. The Balaban J connectivity index is 2.13. The second-order valence-corrected chi connectivity index (χ2v) is 4.28. The molecule has 2 N–H and O–H groups in total. The summed E-state index contributed by atoms with van der Waals surface area (Å²) in [5, 5.41) is 4.33. The van der Waals surface area contributed by atoms with E-state index in [2.05, 4.69) is 11.2 Å². The molecule has 2 rings (SSSR count). The SMILES string of the molecule is Cc1cc(CC2(CN)CC2)n(C)n1. The van der Waals surface area contributed by atoms with Crippen LogP contribution < -0.4 is 5.73 Å². The number of aromatic nitrogens is 2. The van der Waals surface area contributed by atoms with Gasteiger partial charge in [0.25, 0.3) is 0 Å². The van der Waals surface area contributed by atoms with Crippen molar-refractivity contribution in [2.24, 2.45) is 18.2 Å². The normalized spacial score (nSPS) is 19.0. The van der Waals surface area contributed by atoms with E-state index in [4.69, 9.17) is 5.73 Å². The van der Waals surface area contributed by atoms with Crippen molar-refractivity contribution < 1.29 is 0 Å². The number of nitrogens with zero attached hydrogens (tertiary/aromatic N) is 2. The van der Waals surface area contributed by atoms with Crippen LogP contribution in [0.25, 0.3) is 0 Å². The highest BCUT2D eigenvalue weighted by atomic mass is 15.3. The van der Waals surface area contributed by atoms with Crippen LogP contribution in [0.1, 0.15) is 24.2 Å². The second-order valence-electron chi connectivity index (χ2n) is 4.28. The molecule has 1 aromatic rings. The number of hydrogen-bond donors (Lipinski definition) is 1. The summed E-state index contributed by atoms with van der Waals surface area (Å²) in [6.07, 6.45) is 3.67. The molecule has 13 heavy (non-hydrogen) atoms. The van der Waals surface area contributed by atoms with E-state index in [1.165, 1.54) is 18.5 Å². The van der Waals surface area contributed by atoms with Crippen molar-refractivity contribution >= 4 is 0 Å². The van der Waals surface area contributed by atoms with Gasteiger partial charge in [0.05, 0.1) is 5.69 Å². The largest absolute Gasteiger partial charge is 0.330 e. The first-order valence-corrected chi connectivity index (χ1v) is 4.85. The van der Waals surface area contributed by atoms with Gasteiger partial charge in [0, 0.05) is 12.7 Å². The van der Waals surface area contributed by atoms with E-state index in [1.807, 2.05) is 18.7 Å². The molecule has 72 valence electrons. The van der Waals surface area contributed by atoms with E-state index in [9.17, 15) is 0 Å². The molecule has 0 aromatic carbocycles. The smallest absolute Gasteiger partial charge is 0.0596 e. The molecule has 1 fully saturated rings. The van der Waals surface area contributed by atoms with Gasteiger partial charge in [-0.1, -0.05) is 0 Å². The minimum atomic E-state index is 0.417. The fraction of sp³-hybridized carbons (Fsp3) is 0.700. The molecule has 0 atom stereocenters. The summed E-state index contributed by atoms with van der Waals surface area (Å²) in [5.41, 5.74) is 8.58. The molecule has 3 nitrogen and oxygen atoms in total. The highest BCUT2D eigenvalue weighted by Gasteiger charge is 2.41. The van der Waals surface area contributed by atoms with Crippen molar-refractivity contribution in [3.8, 4) is 0 Å². The van der Waals surface area contributed by atoms with Gasteiger partial charge < -0.3 is 5.73 Å². The van der Waals surface area contributed by atoms with Gasteiger partial charge in [-0.3, -0.25) is 4.68 Å². The fourth-order valence-electron chi connectivity index (χ4n) is 1.84. The Morgan fingerprint density at radius 3 is 2.69 bits per heavy atom. The van der Waals surface area contributed by atoms with Gasteiger partial charge in [-0.05, 0) is 44.2 Å². The molecule has 3 heteroatoms. The third kappa shape index (κ3) is 1.61. The monoisotopic (exact) mass is 179 g/mol. The predicted molar refractivity (Wildman–Crippen MR) is 52.4 cm³/mol. The van der Waals surface area contributed by atoms with Crippen LogP contribution in [0.15, 0.2) is 6.07 Å². The Labute approximate surface area is 78.9 Å². The molecule has 0 saturated heterocycles. The fourth-order valence-corrected chi connectivity index (χ4v) is 1.84. The van der Waals surface area contributed by atoms with Crippen molar-refractivity contribution in [3.05, 3.63) is 17.5 Å². The summed E-state index contributed by atoms with van der Waals surface area (Å²) in [4.78, 5) is 0. The number of nitrogens with two attached hydrogens (primary N) is 1. The minimum Gasteiger partial charge on any atom is -0.330 e. The molecule has 1 aliphatic carbocycles. The molecule has 1 aliphatic rings. The molecule has 0 unspecified atom stereocenters. The summed E-state index contributed by atoms with van der Waals surface area (Å²) >= 11 is 0. The standard InChI is InChI=1S/C10H17N3/c1-8-5-9(13(2)12-8)6-10(7-11)3-4-10/h5H,3-4,6-7,11H2,1-2H3. The van der Waals surface area contributed by atoms with Crippen molar-refractivity contribution in [1.82, 2.24) is 9.78 Å². The molecule has 0 aliphatic heterocycles. The Kier molecular flexibility index (Phi) is 1.91. The molecule has 0 bridgehead atoms. The Morgan fingerprint density at radius 2 is 2.31 bits per heavy atom. The van der Waals surface area contributed by atoms with Gasteiger partial charge in [-0.2, -0.15) is 5.10 Å². The summed E-state index contributed by atoms with van der Waals surface area (Å²) in [5.74, 6) is 0. The average Bonchev–Trinajstić information content (AvgIpc) is 2.77. The van der Waals surface area contributed by atoms with E-state index in [0.717, 1.165) is 18.7 Å². The maximum atomic E-state index is 5.74. The highest BCUT2D eigenvalue weighted by molar-refractivity contribution is 5.13. The Bertz CT molecular complexity index is 310. The van der Waals surface area contributed by atoms with Crippen LogP contribution in [0.3, 0.4) is 0 Å². The molecule has 1 aromatic heterocycles. The number of hydrogen-bond acceptors (Lipinski definition) is 2. The van der Waals surface area contributed by atoms with E-state index < -0.39 is 0 Å². The lowest BCUT2D eigenvalue weighted by Crippen LogP contribution is -2.19. The lowest BCUT2D eigenvalue weighted by Gasteiger charge is -2.11. The van der Waals surface area contributed by atoms with Crippen molar-refractivity contribution in [2.75, 3.05) is 6.54 Å². The molecule has 0 amide bonds. The van der Waals surface area contributed by atoms with Gasteiger partial charge in [0.15, 0.2) is 0 Å². The van der Waals surface area contributed by atoms with Gasteiger partial charge >= 0.3 is 0 Å². The summed E-state index contributed by atoms with van der Waals surface area (Å²) < 4.78 is 1.98. The molecular formula is C10H17N3. The van der Waals surface area contributed by atoms with Gasteiger partial charge in [0.1, 0.15) is 0 Å². The second kappa shape index (κ2) is 2.84. The zero-order valence-corrected chi connectivity index (χ0v) is 8.38.